The van der Waals surface area contributed by atoms with Crippen LogP contribution in [0.25, 0.3) is 11.1 Å². The highest BCUT2D eigenvalue weighted by Crippen LogP contribution is 2.22. The zero-order chi connectivity index (χ0) is 13.7. The second kappa shape index (κ2) is 6.53. The normalized spacial score (nSPS) is 10.9. The number of hydrogen-bond donors (Lipinski definition) is 0. The summed E-state index contributed by atoms with van der Waals surface area (Å²) in [4.78, 5) is 0. The van der Waals surface area contributed by atoms with Crippen molar-refractivity contribution in [1.82, 2.24) is 0 Å². The van der Waals surface area contributed by atoms with Crippen LogP contribution in [0.2, 0.25) is 0 Å². The Morgan fingerprint density at radius 2 is 1.63 bits per heavy atom. The first-order valence-electron chi connectivity index (χ1n) is 6.86. The van der Waals surface area contributed by atoms with Crippen molar-refractivity contribution in [2.75, 3.05) is 7.11 Å². The largest absolute Gasteiger partial charge is 0.380 e. The summed E-state index contributed by atoms with van der Waals surface area (Å²) in [5.74, 6) is 0.705. The van der Waals surface area contributed by atoms with E-state index in [-0.39, 0.29) is 0 Å². The van der Waals surface area contributed by atoms with E-state index in [1.165, 1.54) is 22.3 Å². The van der Waals surface area contributed by atoms with Crippen LogP contribution in [0.5, 0.6) is 0 Å². The molecule has 0 atom stereocenters. The summed E-state index contributed by atoms with van der Waals surface area (Å²) in [5.41, 5.74) is 5.15. The molecule has 0 fully saturated rings. The Balaban J connectivity index is 2.19. The fourth-order valence-corrected chi connectivity index (χ4v) is 2.31. The highest BCUT2D eigenvalue weighted by atomic mass is 16.5. The van der Waals surface area contributed by atoms with Gasteiger partial charge in [-0.05, 0) is 40.7 Å². The maximum absolute atomic E-state index is 5.18. The quantitative estimate of drug-likeness (QED) is 0.751. The molecule has 0 saturated heterocycles. The van der Waals surface area contributed by atoms with Gasteiger partial charge in [-0.2, -0.15) is 0 Å². The van der Waals surface area contributed by atoms with Crippen LogP contribution in [0, 0.1) is 5.92 Å². The molecule has 2 aromatic carbocycles. The van der Waals surface area contributed by atoms with E-state index in [0.29, 0.717) is 12.5 Å². The van der Waals surface area contributed by atoms with E-state index >= 15 is 0 Å². The predicted molar refractivity (Wildman–Crippen MR) is 81.1 cm³/mol. The van der Waals surface area contributed by atoms with Gasteiger partial charge in [0.2, 0.25) is 0 Å². The lowest BCUT2D eigenvalue weighted by atomic mass is 9.98. The fourth-order valence-electron chi connectivity index (χ4n) is 2.31. The zero-order valence-electron chi connectivity index (χ0n) is 12.0. The fraction of sp³-hybridized carbons (Fsp3) is 0.333. The van der Waals surface area contributed by atoms with Crippen LogP contribution in [-0.2, 0) is 17.8 Å². The molecule has 0 aliphatic carbocycles. The molecule has 0 aliphatic rings. The minimum atomic E-state index is 0.666. The smallest absolute Gasteiger partial charge is 0.0713 e. The molecular formula is C18H22O. The van der Waals surface area contributed by atoms with E-state index in [9.17, 15) is 0 Å². The van der Waals surface area contributed by atoms with Gasteiger partial charge < -0.3 is 4.74 Å². The lowest BCUT2D eigenvalue weighted by Crippen LogP contribution is -1.93. The van der Waals surface area contributed by atoms with Crippen molar-refractivity contribution in [2.45, 2.75) is 26.9 Å². The van der Waals surface area contributed by atoms with Crippen LogP contribution in [0.15, 0.2) is 48.5 Å². The number of hydrogen-bond acceptors (Lipinski definition) is 1. The van der Waals surface area contributed by atoms with Crippen LogP contribution < -0.4 is 0 Å². The summed E-state index contributed by atoms with van der Waals surface area (Å²) in [6, 6.07) is 17.4. The highest BCUT2D eigenvalue weighted by molar-refractivity contribution is 5.64. The van der Waals surface area contributed by atoms with Gasteiger partial charge in [-0.25, -0.2) is 0 Å². The Bertz CT molecular complexity index is 511. The maximum Gasteiger partial charge on any atom is 0.0713 e. The van der Waals surface area contributed by atoms with Crippen molar-refractivity contribution in [1.29, 1.82) is 0 Å². The first-order valence-corrected chi connectivity index (χ1v) is 6.86. The molecule has 0 saturated carbocycles. The van der Waals surface area contributed by atoms with E-state index in [2.05, 4.69) is 62.4 Å². The average molecular weight is 254 g/mol. The SMILES string of the molecule is COCc1cccc(-c2ccc(CC(C)C)cc2)c1. The third-order valence-electron chi connectivity index (χ3n) is 3.17. The maximum atomic E-state index is 5.18. The molecular weight excluding hydrogens is 232 g/mol. The van der Waals surface area contributed by atoms with Crippen LogP contribution >= 0.6 is 0 Å². The minimum Gasteiger partial charge on any atom is -0.380 e. The predicted octanol–water partition coefficient (Wildman–Crippen LogP) is 4.70. The standard InChI is InChI=1S/C18H22O/c1-14(2)11-15-7-9-17(10-8-15)18-6-4-5-16(12-18)13-19-3/h4-10,12,14H,11,13H2,1-3H3. The number of methoxy groups -OCH3 is 1. The summed E-state index contributed by atoms with van der Waals surface area (Å²) < 4.78 is 5.18. The van der Waals surface area contributed by atoms with Gasteiger partial charge in [-0.1, -0.05) is 56.3 Å². The van der Waals surface area contributed by atoms with E-state index in [0.717, 1.165) is 6.42 Å². The van der Waals surface area contributed by atoms with Gasteiger partial charge in [0.1, 0.15) is 0 Å². The second-order valence-electron chi connectivity index (χ2n) is 5.43. The van der Waals surface area contributed by atoms with Gasteiger partial charge in [0.25, 0.3) is 0 Å². The summed E-state index contributed by atoms with van der Waals surface area (Å²) >= 11 is 0. The van der Waals surface area contributed by atoms with Crippen LogP contribution in [0.4, 0.5) is 0 Å². The molecule has 0 aliphatic heterocycles. The molecule has 0 aromatic heterocycles. The summed E-state index contributed by atoms with van der Waals surface area (Å²) in [7, 11) is 1.73. The van der Waals surface area contributed by atoms with E-state index in [1.54, 1.807) is 7.11 Å². The van der Waals surface area contributed by atoms with Crippen molar-refractivity contribution in [2.24, 2.45) is 5.92 Å². The minimum absolute atomic E-state index is 0.666. The van der Waals surface area contributed by atoms with Gasteiger partial charge in [0.15, 0.2) is 0 Å². The lowest BCUT2D eigenvalue weighted by molar-refractivity contribution is 0.185. The van der Waals surface area contributed by atoms with Gasteiger partial charge in [0, 0.05) is 7.11 Å². The van der Waals surface area contributed by atoms with Crippen molar-refractivity contribution < 1.29 is 4.74 Å². The Labute approximate surface area is 116 Å². The number of ether oxygens (including phenoxy) is 1. The van der Waals surface area contributed by atoms with Gasteiger partial charge >= 0.3 is 0 Å². The summed E-state index contributed by atoms with van der Waals surface area (Å²) in [6.07, 6.45) is 1.14. The second-order valence-corrected chi connectivity index (χ2v) is 5.43. The molecule has 2 rings (SSSR count). The monoisotopic (exact) mass is 254 g/mol. The van der Waals surface area contributed by atoms with Gasteiger partial charge in [-0.3, -0.25) is 0 Å². The molecule has 0 unspecified atom stereocenters. The molecule has 0 amide bonds. The molecule has 0 spiro atoms. The Morgan fingerprint density at radius 3 is 2.26 bits per heavy atom. The van der Waals surface area contributed by atoms with Crippen molar-refractivity contribution in [3.05, 3.63) is 59.7 Å². The topological polar surface area (TPSA) is 9.23 Å². The Morgan fingerprint density at radius 1 is 0.895 bits per heavy atom. The van der Waals surface area contributed by atoms with E-state index < -0.39 is 0 Å². The van der Waals surface area contributed by atoms with E-state index in [4.69, 9.17) is 4.74 Å². The Kier molecular flexibility index (Phi) is 4.75. The highest BCUT2D eigenvalue weighted by Gasteiger charge is 2.01. The van der Waals surface area contributed by atoms with Crippen LogP contribution in [-0.4, -0.2) is 7.11 Å². The third-order valence-corrected chi connectivity index (χ3v) is 3.17. The van der Waals surface area contributed by atoms with Crippen molar-refractivity contribution in [3.63, 3.8) is 0 Å². The first-order chi connectivity index (χ1) is 9.19. The molecule has 1 heteroatoms. The zero-order valence-corrected chi connectivity index (χ0v) is 12.0. The van der Waals surface area contributed by atoms with Gasteiger partial charge in [-0.15, -0.1) is 0 Å². The molecule has 0 heterocycles. The summed E-state index contributed by atoms with van der Waals surface area (Å²) in [6.45, 7) is 5.17. The molecule has 19 heavy (non-hydrogen) atoms. The van der Waals surface area contributed by atoms with Crippen molar-refractivity contribution in [3.8, 4) is 11.1 Å². The molecule has 0 N–H and O–H groups in total. The average Bonchev–Trinajstić information content (AvgIpc) is 2.40. The molecule has 100 valence electrons. The number of rotatable bonds is 5. The molecule has 2 aromatic rings. The molecule has 1 nitrogen and oxygen atoms in total. The van der Waals surface area contributed by atoms with Crippen LogP contribution in [0.1, 0.15) is 25.0 Å². The van der Waals surface area contributed by atoms with Crippen LogP contribution in [0.3, 0.4) is 0 Å². The Hall–Kier alpha value is -1.60. The summed E-state index contributed by atoms with van der Waals surface area (Å²) in [5, 5.41) is 0. The molecule has 0 radical (unpaired) electrons. The van der Waals surface area contributed by atoms with Crippen molar-refractivity contribution >= 4 is 0 Å². The number of benzene rings is 2. The third kappa shape index (κ3) is 3.93. The van der Waals surface area contributed by atoms with Gasteiger partial charge in [0.05, 0.1) is 6.61 Å². The first kappa shape index (κ1) is 13.8. The lowest BCUT2D eigenvalue weighted by Gasteiger charge is -2.08. The van der Waals surface area contributed by atoms with E-state index in [1.807, 2.05) is 0 Å². The molecule has 0 bridgehead atoms.